The minimum atomic E-state index is -0.909. The zero-order valence-corrected chi connectivity index (χ0v) is 9.02. The lowest BCUT2D eigenvalue weighted by Crippen LogP contribution is -2.44. The van der Waals surface area contributed by atoms with E-state index < -0.39 is 11.6 Å². The van der Waals surface area contributed by atoms with Crippen LogP contribution in [0.15, 0.2) is 24.3 Å². The number of urea groups is 1. The summed E-state index contributed by atoms with van der Waals surface area (Å²) in [5.41, 5.74) is -0.334. The van der Waals surface area contributed by atoms with Gasteiger partial charge < -0.3 is 5.11 Å². The van der Waals surface area contributed by atoms with Gasteiger partial charge in [-0.3, -0.25) is 15.0 Å². The molecule has 1 fully saturated rings. The summed E-state index contributed by atoms with van der Waals surface area (Å²) in [6, 6.07) is 5.69. The second-order valence-electron chi connectivity index (χ2n) is 4.17. The van der Waals surface area contributed by atoms with Gasteiger partial charge in [-0.25, -0.2) is 4.79 Å². The maximum absolute atomic E-state index is 11.6. The van der Waals surface area contributed by atoms with E-state index in [0.29, 0.717) is 5.69 Å². The summed E-state index contributed by atoms with van der Waals surface area (Å²) >= 11 is 0. The van der Waals surface area contributed by atoms with Crippen LogP contribution in [-0.4, -0.2) is 22.6 Å². The third-order valence-corrected chi connectivity index (χ3v) is 2.65. The zero-order valence-electron chi connectivity index (χ0n) is 9.02. The van der Waals surface area contributed by atoms with Gasteiger partial charge in [-0.15, -0.1) is 0 Å². The molecular formula is C11H12N2O3. The number of carbonyl (C=O) groups is 2. The van der Waals surface area contributed by atoms with E-state index in [1.807, 2.05) is 0 Å². The average molecular weight is 220 g/mol. The van der Waals surface area contributed by atoms with Crippen molar-refractivity contribution in [3.05, 3.63) is 24.3 Å². The first-order chi connectivity index (χ1) is 7.43. The Bertz CT molecular complexity index is 451. The summed E-state index contributed by atoms with van der Waals surface area (Å²) in [7, 11) is 0. The highest BCUT2D eigenvalue weighted by Crippen LogP contribution is 2.29. The van der Waals surface area contributed by atoms with Gasteiger partial charge in [0.05, 0.1) is 0 Å². The summed E-state index contributed by atoms with van der Waals surface area (Å²) < 4.78 is 0. The van der Waals surface area contributed by atoms with Gasteiger partial charge in [0.1, 0.15) is 11.3 Å². The summed E-state index contributed by atoms with van der Waals surface area (Å²) in [4.78, 5) is 24.5. The van der Waals surface area contributed by atoms with Crippen LogP contribution in [0.25, 0.3) is 0 Å². The molecule has 3 amide bonds. The van der Waals surface area contributed by atoms with Crippen molar-refractivity contribution in [2.24, 2.45) is 0 Å². The molecule has 0 bridgehead atoms. The first kappa shape index (κ1) is 10.5. The molecule has 1 aromatic rings. The van der Waals surface area contributed by atoms with Crippen molar-refractivity contribution in [1.82, 2.24) is 5.32 Å². The molecule has 84 valence electrons. The van der Waals surface area contributed by atoms with Crippen molar-refractivity contribution in [3.63, 3.8) is 0 Å². The van der Waals surface area contributed by atoms with Crippen molar-refractivity contribution in [3.8, 4) is 5.75 Å². The van der Waals surface area contributed by atoms with Gasteiger partial charge in [-0.2, -0.15) is 0 Å². The van der Waals surface area contributed by atoms with E-state index in [4.69, 9.17) is 5.11 Å². The maximum Gasteiger partial charge on any atom is 0.329 e. The van der Waals surface area contributed by atoms with Crippen molar-refractivity contribution in [2.75, 3.05) is 4.90 Å². The van der Waals surface area contributed by atoms with E-state index in [1.165, 1.54) is 17.0 Å². The third kappa shape index (κ3) is 1.41. The second-order valence-corrected chi connectivity index (χ2v) is 4.17. The Morgan fingerprint density at radius 2 is 1.75 bits per heavy atom. The maximum atomic E-state index is 11.6. The van der Waals surface area contributed by atoms with Crippen molar-refractivity contribution in [1.29, 1.82) is 0 Å². The normalized spacial score (nSPS) is 18.8. The Labute approximate surface area is 92.7 Å². The van der Waals surface area contributed by atoms with Gasteiger partial charge >= 0.3 is 6.03 Å². The number of nitrogens with zero attached hydrogens (tertiary/aromatic N) is 1. The number of nitrogens with one attached hydrogen (secondary N) is 1. The highest BCUT2D eigenvalue weighted by atomic mass is 16.3. The molecule has 1 heterocycles. The number of phenols is 1. The van der Waals surface area contributed by atoms with Crippen LogP contribution >= 0.6 is 0 Å². The molecule has 1 aromatic carbocycles. The van der Waals surface area contributed by atoms with Crippen molar-refractivity contribution >= 4 is 17.6 Å². The molecule has 0 unspecified atom stereocenters. The monoisotopic (exact) mass is 220 g/mol. The number of amides is 3. The van der Waals surface area contributed by atoms with Gasteiger partial charge in [0.2, 0.25) is 0 Å². The molecule has 16 heavy (non-hydrogen) atoms. The fourth-order valence-electron chi connectivity index (χ4n) is 1.70. The number of aromatic hydroxyl groups is 1. The molecule has 0 radical (unpaired) electrons. The predicted molar refractivity (Wildman–Crippen MR) is 58.2 cm³/mol. The van der Waals surface area contributed by atoms with E-state index in [2.05, 4.69) is 5.32 Å². The smallest absolute Gasteiger partial charge is 0.329 e. The fraction of sp³-hybridized carbons (Fsp3) is 0.273. The van der Waals surface area contributed by atoms with Gasteiger partial charge in [0.25, 0.3) is 5.91 Å². The molecule has 0 atom stereocenters. The van der Waals surface area contributed by atoms with E-state index in [0.717, 1.165) is 0 Å². The molecule has 2 rings (SSSR count). The van der Waals surface area contributed by atoms with Crippen LogP contribution in [0, 0.1) is 0 Å². The van der Waals surface area contributed by atoms with E-state index >= 15 is 0 Å². The Morgan fingerprint density at radius 3 is 2.19 bits per heavy atom. The highest BCUT2D eigenvalue weighted by Gasteiger charge is 2.46. The van der Waals surface area contributed by atoms with Crippen LogP contribution in [0.5, 0.6) is 5.75 Å². The standard InChI is InChI=1S/C11H12N2O3/c1-11(2)9(15)12-10(16)13(11)7-3-5-8(14)6-4-7/h3-6,14H,1-2H3,(H,12,15,16). The Balaban J connectivity index is 2.44. The summed E-state index contributed by atoms with van der Waals surface area (Å²) in [6.07, 6.45) is 0. The van der Waals surface area contributed by atoms with Crippen LogP contribution in [0.4, 0.5) is 10.5 Å². The minimum absolute atomic E-state index is 0.118. The van der Waals surface area contributed by atoms with Crippen LogP contribution < -0.4 is 10.2 Å². The van der Waals surface area contributed by atoms with E-state index in [-0.39, 0.29) is 11.7 Å². The second kappa shape index (κ2) is 3.23. The Morgan fingerprint density at radius 1 is 1.19 bits per heavy atom. The van der Waals surface area contributed by atoms with Gasteiger partial charge in [-0.05, 0) is 38.1 Å². The summed E-state index contributed by atoms with van der Waals surface area (Å²) in [5.74, 6) is -0.210. The topological polar surface area (TPSA) is 69.6 Å². The lowest BCUT2D eigenvalue weighted by molar-refractivity contribution is -0.122. The molecule has 1 aliphatic rings. The van der Waals surface area contributed by atoms with E-state index in [9.17, 15) is 9.59 Å². The largest absolute Gasteiger partial charge is 0.508 e. The molecule has 0 saturated carbocycles. The van der Waals surface area contributed by atoms with E-state index in [1.54, 1.807) is 26.0 Å². The number of imide groups is 1. The molecule has 0 aromatic heterocycles. The molecule has 2 N–H and O–H groups in total. The number of hydrogen-bond donors (Lipinski definition) is 2. The minimum Gasteiger partial charge on any atom is -0.508 e. The number of rotatable bonds is 1. The Hall–Kier alpha value is -2.04. The molecule has 0 aliphatic carbocycles. The molecular weight excluding hydrogens is 208 g/mol. The number of carbonyl (C=O) groups excluding carboxylic acids is 2. The number of benzene rings is 1. The number of phenolic OH excluding ortho intramolecular Hbond substituents is 1. The fourth-order valence-corrected chi connectivity index (χ4v) is 1.70. The highest BCUT2D eigenvalue weighted by molar-refractivity contribution is 6.16. The molecule has 1 saturated heterocycles. The molecule has 5 nitrogen and oxygen atoms in total. The Kier molecular flexibility index (Phi) is 2.11. The molecule has 5 heteroatoms. The first-order valence-corrected chi connectivity index (χ1v) is 4.87. The van der Waals surface area contributed by atoms with Crippen LogP contribution in [0.3, 0.4) is 0 Å². The van der Waals surface area contributed by atoms with Gasteiger partial charge in [0.15, 0.2) is 0 Å². The third-order valence-electron chi connectivity index (χ3n) is 2.65. The quantitative estimate of drug-likeness (QED) is 0.699. The number of anilines is 1. The van der Waals surface area contributed by atoms with Crippen LogP contribution in [-0.2, 0) is 4.79 Å². The summed E-state index contributed by atoms with van der Waals surface area (Å²) in [5, 5.41) is 11.4. The van der Waals surface area contributed by atoms with Crippen molar-refractivity contribution in [2.45, 2.75) is 19.4 Å². The summed E-state index contributed by atoms with van der Waals surface area (Å²) in [6.45, 7) is 3.33. The van der Waals surface area contributed by atoms with Gasteiger partial charge in [-0.1, -0.05) is 0 Å². The van der Waals surface area contributed by atoms with Crippen molar-refractivity contribution < 1.29 is 14.7 Å². The lowest BCUT2D eigenvalue weighted by Gasteiger charge is -2.27. The zero-order chi connectivity index (χ0) is 11.9. The van der Waals surface area contributed by atoms with Crippen LogP contribution in [0.1, 0.15) is 13.8 Å². The SMILES string of the molecule is CC1(C)C(=O)NC(=O)N1c1ccc(O)cc1. The molecule has 0 spiro atoms. The van der Waals surface area contributed by atoms with Crippen LogP contribution in [0.2, 0.25) is 0 Å². The lowest BCUT2D eigenvalue weighted by atomic mass is 10.0. The van der Waals surface area contributed by atoms with Gasteiger partial charge in [0, 0.05) is 5.69 Å². The number of hydrogen-bond acceptors (Lipinski definition) is 3. The average Bonchev–Trinajstić information content (AvgIpc) is 2.39. The first-order valence-electron chi connectivity index (χ1n) is 4.87. The molecule has 1 aliphatic heterocycles. The predicted octanol–water partition coefficient (Wildman–Crippen LogP) is 1.23.